The summed E-state index contributed by atoms with van der Waals surface area (Å²) in [7, 11) is 0. The van der Waals surface area contributed by atoms with E-state index in [2.05, 4.69) is 117 Å². The summed E-state index contributed by atoms with van der Waals surface area (Å²) in [4.78, 5) is 9.85. The molecule has 0 radical (unpaired) electrons. The van der Waals surface area contributed by atoms with Crippen LogP contribution in [0.4, 0.5) is 0 Å². The lowest BCUT2D eigenvalue weighted by molar-refractivity contribution is 0.122. The lowest BCUT2D eigenvalue weighted by Crippen LogP contribution is -2.45. The molecule has 3 aromatic carbocycles. The molecule has 0 amide bonds. The third-order valence-electron chi connectivity index (χ3n) is 8.54. The van der Waals surface area contributed by atoms with Gasteiger partial charge in [-0.15, -0.1) is 0 Å². The van der Waals surface area contributed by atoms with Gasteiger partial charge in [0, 0.05) is 51.0 Å². The van der Waals surface area contributed by atoms with Gasteiger partial charge in [-0.05, 0) is 121 Å². The van der Waals surface area contributed by atoms with Crippen LogP contribution in [0.1, 0.15) is 44.5 Å². The molecule has 1 saturated heterocycles. The maximum absolute atomic E-state index is 4.68. The van der Waals surface area contributed by atoms with Crippen molar-refractivity contribution in [2.75, 3.05) is 26.2 Å². The SMILES string of the molecule is Cc1cc(-c2ccc(CN3CCN(Cc4ccnc(-c5cc(C)c(C)c(C)c5)c4)CC3)cc2)cc(C)c1C. The van der Waals surface area contributed by atoms with E-state index < -0.39 is 0 Å². The highest BCUT2D eigenvalue weighted by Crippen LogP contribution is 2.26. The summed E-state index contributed by atoms with van der Waals surface area (Å²) >= 11 is 0. The van der Waals surface area contributed by atoms with Gasteiger partial charge in [-0.2, -0.15) is 0 Å². The smallest absolute Gasteiger partial charge is 0.0705 e. The van der Waals surface area contributed by atoms with E-state index in [0.717, 1.165) is 45.0 Å². The molecule has 0 atom stereocenters. The molecule has 1 aromatic heterocycles. The fourth-order valence-corrected chi connectivity index (χ4v) is 5.54. The Morgan fingerprint density at radius 1 is 0.526 bits per heavy atom. The van der Waals surface area contributed by atoms with Crippen LogP contribution in [-0.2, 0) is 13.1 Å². The number of hydrogen-bond donors (Lipinski definition) is 0. The Balaban J connectivity index is 1.16. The van der Waals surface area contributed by atoms with E-state index in [9.17, 15) is 0 Å². The second kappa shape index (κ2) is 11.2. The second-order valence-corrected chi connectivity index (χ2v) is 11.3. The molecule has 0 spiro atoms. The highest BCUT2D eigenvalue weighted by Gasteiger charge is 2.18. The molecule has 0 N–H and O–H groups in total. The van der Waals surface area contributed by atoms with Crippen molar-refractivity contribution in [3.63, 3.8) is 0 Å². The van der Waals surface area contributed by atoms with Gasteiger partial charge in [-0.1, -0.05) is 36.4 Å². The standard InChI is InChI=1S/C35H41N3/c1-24-17-33(18-25(2)28(24)5)32-9-7-30(8-10-32)22-37-13-15-38(16-14-37)23-31-11-12-36-35(21-31)34-19-26(3)29(6)27(4)20-34/h7-12,17-21H,13-16,22-23H2,1-6H3. The molecule has 5 rings (SSSR count). The van der Waals surface area contributed by atoms with Gasteiger partial charge in [0.15, 0.2) is 0 Å². The first-order chi connectivity index (χ1) is 18.3. The number of aromatic nitrogens is 1. The second-order valence-electron chi connectivity index (χ2n) is 11.3. The first-order valence-corrected chi connectivity index (χ1v) is 13.9. The summed E-state index contributed by atoms with van der Waals surface area (Å²) in [5.74, 6) is 0. The van der Waals surface area contributed by atoms with Gasteiger partial charge in [0.1, 0.15) is 0 Å². The van der Waals surface area contributed by atoms with Crippen molar-refractivity contribution in [2.24, 2.45) is 0 Å². The molecule has 3 nitrogen and oxygen atoms in total. The van der Waals surface area contributed by atoms with E-state index in [1.807, 2.05) is 6.20 Å². The van der Waals surface area contributed by atoms with E-state index in [1.165, 1.54) is 61.2 Å². The summed E-state index contributed by atoms with van der Waals surface area (Å²) < 4.78 is 0. The molecule has 1 fully saturated rings. The maximum atomic E-state index is 4.68. The summed E-state index contributed by atoms with van der Waals surface area (Å²) in [6.07, 6.45) is 1.97. The maximum Gasteiger partial charge on any atom is 0.0705 e. The topological polar surface area (TPSA) is 19.4 Å². The van der Waals surface area contributed by atoms with Crippen LogP contribution in [0.3, 0.4) is 0 Å². The van der Waals surface area contributed by atoms with Crippen molar-refractivity contribution in [1.29, 1.82) is 0 Å². The van der Waals surface area contributed by atoms with Crippen molar-refractivity contribution in [2.45, 2.75) is 54.6 Å². The molecule has 1 aliphatic rings. The van der Waals surface area contributed by atoms with Gasteiger partial charge in [-0.25, -0.2) is 0 Å². The largest absolute Gasteiger partial charge is 0.297 e. The molecule has 38 heavy (non-hydrogen) atoms. The van der Waals surface area contributed by atoms with Gasteiger partial charge in [0.05, 0.1) is 5.69 Å². The van der Waals surface area contributed by atoms with Gasteiger partial charge < -0.3 is 0 Å². The molecule has 4 aromatic rings. The number of benzene rings is 3. The fraction of sp³-hybridized carbons (Fsp3) is 0.343. The highest BCUT2D eigenvalue weighted by atomic mass is 15.3. The Labute approximate surface area is 229 Å². The molecule has 1 aliphatic heterocycles. The van der Waals surface area contributed by atoms with E-state index in [-0.39, 0.29) is 0 Å². The first-order valence-electron chi connectivity index (χ1n) is 13.9. The van der Waals surface area contributed by atoms with Crippen molar-refractivity contribution in [1.82, 2.24) is 14.8 Å². The molecule has 0 unspecified atom stereocenters. The monoisotopic (exact) mass is 503 g/mol. The zero-order valence-corrected chi connectivity index (χ0v) is 23.9. The number of aryl methyl sites for hydroxylation is 4. The predicted molar refractivity (Wildman–Crippen MR) is 161 cm³/mol. The Morgan fingerprint density at radius 2 is 1.00 bits per heavy atom. The van der Waals surface area contributed by atoms with Crippen molar-refractivity contribution >= 4 is 0 Å². The Hall–Kier alpha value is -3.27. The van der Waals surface area contributed by atoms with E-state index in [4.69, 9.17) is 0 Å². The van der Waals surface area contributed by atoms with Gasteiger partial charge >= 0.3 is 0 Å². The molecular weight excluding hydrogens is 462 g/mol. The van der Waals surface area contributed by atoms with Crippen LogP contribution in [0.25, 0.3) is 22.4 Å². The third-order valence-corrected chi connectivity index (χ3v) is 8.54. The van der Waals surface area contributed by atoms with Crippen molar-refractivity contribution in [3.8, 4) is 22.4 Å². The van der Waals surface area contributed by atoms with Crippen LogP contribution in [-0.4, -0.2) is 41.0 Å². The summed E-state index contributed by atoms with van der Waals surface area (Å²) in [5, 5.41) is 0. The van der Waals surface area contributed by atoms with Crippen molar-refractivity contribution < 1.29 is 0 Å². The summed E-state index contributed by atoms with van der Waals surface area (Å²) in [5.41, 5.74) is 15.8. The van der Waals surface area contributed by atoms with Gasteiger partial charge in [0.2, 0.25) is 0 Å². The van der Waals surface area contributed by atoms with E-state index in [1.54, 1.807) is 0 Å². The normalized spacial score (nSPS) is 14.7. The predicted octanol–water partition coefficient (Wildman–Crippen LogP) is 7.58. The minimum absolute atomic E-state index is 0.983. The first kappa shape index (κ1) is 26.3. The lowest BCUT2D eigenvalue weighted by Gasteiger charge is -2.34. The molecule has 196 valence electrons. The van der Waals surface area contributed by atoms with Gasteiger partial charge in [0.25, 0.3) is 0 Å². The lowest BCUT2D eigenvalue weighted by atomic mass is 9.96. The number of pyridine rings is 1. The molecule has 0 bridgehead atoms. The molecule has 2 heterocycles. The van der Waals surface area contributed by atoms with Gasteiger partial charge in [-0.3, -0.25) is 14.8 Å². The molecule has 3 heteroatoms. The van der Waals surface area contributed by atoms with E-state index in [0.29, 0.717) is 0 Å². The third kappa shape index (κ3) is 5.90. The number of hydrogen-bond acceptors (Lipinski definition) is 3. The zero-order valence-electron chi connectivity index (χ0n) is 23.9. The minimum Gasteiger partial charge on any atom is -0.297 e. The minimum atomic E-state index is 0.983. The van der Waals surface area contributed by atoms with Crippen LogP contribution in [0.15, 0.2) is 66.9 Å². The molecular formula is C35H41N3. The quantitative estimate of drug-likeness (QED) is 0.270. The average Bonchev–Trinajstić information content (AvgIpc) is 2.91. The van der Waals surface area contributed by atoms with Crippen LogP contribution < -0.4 is 0 Å². The molecule has 0 saturated carbocycles. The Morgan fingerprint density at radius 3 is 1.53 bits per heavy atom. The van der Waals surface area contributed by atoms with Crippen LogP contribution in [0.5, 0.6) is 0 Å². The van der Waals surface area contributed by atoms with E-state index >= 15 is 0 Å². The van der Waals surface area contributed by atoms with Crippen molar-refractivity contribution in [3.05, 3.63) is 111 Å². The van der Waals surface area contributed by atoms with Crippen LogP contribution in [0.2, 0.25) is 0 Å². The average molecular weight is 504 g/mol. The van der Waals surface area contributed by atoms with Crippen LogP contribution in [0, 0.1) is 41.5 Å². The number of nitrogens with zero attached hydrogens (tertiary/aromatic N) is 3. The fourth-order valence-electron chi connectivity index (χ4n) is 5.54. The Bertz CT molecular complexity index is 1380. The van der Waals surface area contributed by atoms with Crippen LogP contribution >= 0.6 is 0 Å². The zero-order chi connectivity index (χ0) is 26.8. The summed E-state index contributed by atoms with van der Waals surface area (Å²) in [6.45, 7) is 19.6. The Kier molecular flexibility index (Phi) is 7.78. The molecule has 0 aliphatic carbocycles. The summed E-state index contributed by atoms with van der Waals surface area (Å²) in [6, 6.07) is 22.8. The number of piperazine rings is 1. The number of rotatable bonds is 6. The highest BCUT2D eigenvalue weighted by molar-refractivity contribution is 5.66.